The number of alkyl halides is 2. The third-order valence-electron chi connectivity index (χ3n) is 3.61. The molecule has 1 aromatic carbocycles. The summed E-state index contributed by atoms with van der Waals surface area (Å²) in [5.74, 6) is 0.603. The van der Waals surface area contributed by atoms with Crippen molar-refractivity contribution < 1.29 is 18.3 Å². The van der Waals surface area contributed by atoms with Crippen LogP contribution >= 0.6 is 12.4 Å². The van der Waals surface area contributed by atoms with E-state index in [2.05, 4.69) is 15.4 Å². The van der Waals surface area contributed by atoms with E-state index in [1.807, 2.05) is 0 Å². The fourth-order valence-electron chi connectivity index (χ4n) is 2.44. The van der Waals surface area contributed by atoms with Gasteiger partial charge < -0.3 is 15.4 Å². The van der Waals surface area contributed by atoms with Gasteiger partial charge in [0.1, 0.15) is 5.75 Å². The van der Waals surface area contributed by atoms with Crippen molar-refractivity contribution in [1.29, 1.82) is 0 Å². The summed E-state index contributed by atoms with van der Waals surface area (Å²) in [6.45, 7) is -0.676. The number of nitrogens with one attached hydrogen (secondary N) is 2. The molecular formula is C15H21ClF2N2O2. The molecule has 1 unspecified atom stereocenters. The lowest BCUT2D eigenvalue weighted by atomic mass is 10.0. The molecule has 7 heteroatoms. The zero-order valence-corrected chi connectivity index (χ0v) is 13.0. The second-order valence-corrected chi connectivity index (χ2v) is 5.16. The summed E-state index contributed by atoms with van der Waals surface area (Å²) < 4.78 is 29.0. The van der Waals surface area contributed by atoms with Crippen LogP contribution in [0.25, 0.3) is 0 Å². The van der Waals surface area contributed by atoms with Gasteiger partial charge in [0.15, 0.2) is 0 Å². The van der Waals surface area contributed by atoms with E-state index in [0.29, 0.717) is 17.9 Å². The molecule has 124 valence electrons. The Morgan fingerprint density at radius 3 is 2.86 bits per heavy atom. The van der Waals surface area contributed by atoms with Crippen LogP contribution < -0.4 is 15.4 Å². The monoisotopic (exact) mass is 334 g/mol. The Labute approximate surface area is 135 Å². The van der Waals surface area contributed by atoms with E-state index in [1.54, 1.807) is 18.2 Å². The molecule has 0 radical (unpaired) electrons. The smallest absolute Gasteiger partial charge is 0.387 e. The van der Waals surface area contributed by atoms with Crippen molar-refractivity contribution in [2.24, 2.45) is 5.92 Å². The van der Waals surface area contributed by atoms with Gasteiger partial charge in [-0.3, -0.25) is 4.79 Å². The number of amides is 1. The standard InChI is InChI=1S/C15H20F2N2O2.ClH/c16-15(17)21-13-4-2-1-3-12(13)10-19-14(20)6-5-11-7-8-18-9-11;/h1-4,11,15,18H,5-10H2,(H,19,20);1H. The molecule has 2 N–H and O–H groups in total. The fraction of sp³-hybridized carbons (Fsp3) is 0.533. The maximum Gasteiger partial charge on any atom is 0.387 e. The summed E-state index contributed by atoms with van der Waals surface area (Å²) in [6, 6.07) is 6.48. The predicted octanol–water partition coefficient (Wildman–Crippen LogP) is 2.72. The molecule has 1 atom stereocenters. The van der Waals surface area contributed by atoms with Crippen molar-refractivity contribution >= 4 is 18.3 Å². The first-order chi connectivity index (χ1) is 10.1. The van der Waals surface area contributed by atoms with Crippen LogP contribution in [-0.4, -0.2) is 25.6 Å². The summed E-state index contributed by atoms with van der Waals surface area (Å²) in [7, 11) is 0. The lowest BCUT2D eigenvalue weighted by Crippen LogP contribution is -2.24. The maximum absolute atomic E-state index is 12.3. The summed E-state index contributed by atoms with van der Waals surface area (Å²) in [5, 5.41) is 6.01. The first-order valence-corrected chi connectivity index (χ1v) is 7.15. The van der Waals surface area contributed by atoms with Gasteiger partial charge in [-0.05, 0) is 37.9 Å². The minimum absolute atomic E-state index is 0. The average molecular weight is 335 g/mol. The van der Waals surface area contributed by atoms with Gasteiger partial charge in [0.05, 0.1) is 0 Å². The lowest BCUT2D eigenvalue weighted by molar-refractivity contribution is -0.121. The SMILES string of the molecule is Cl.O=C(CCC1CCNC1)NCc1ccccc1OC(F)F. The molecule has 1 heterocycles. The first-order valence-electron chi connectivity index (χ1n) is 7.15. The number of rotatable bonds is 7. The highest BCUT2D eigenvalue weighted by atomic mass is 35.5. The Kier molecular flexibility index (Phi) is 8.12. The number of hydrogen-bond donors (Lipinski definition) is 2. The van der Waals surface area contributed by atoms with Crippen LogP contribution in [0.1, 0.15) is 24.8 Å². The van der Waals surface area contributed by atoms with Crippen LogP contribution in [-0.2, 0) is 11.3 Å². The molecule has 2 rings (SSSR count). The normalized spacial score (nSPS) is 17.1. The van der Waals surface area contributed by atoms with Crippen molar-refractivity contribution in [3.8, 4) is 5.75 Å². The van der Waals surface area contributed by atoms with Gasteiger partial charge in [-0.15, -0.1) is 12.4 Å². The van der Waals surface area contributed by atoms with Crippen LogP contribution in [0.3, 0.4) is 0 Å². The quantitative estimate of drug-likeness (QED) is 0.806. The number of ether oxygens (including phenoxy) is 1. The molecule has 0 aromatic heterocycles. The highest BCUT2D eigenvalue weighted by molar-refractivity contribution is 5.85. The van der Waals surface area contributed by atoms with Crippen molar-refractivity contribution in [2.75, 3.05) is 13.1 Å². The van der Waals surface area contributed by atoms with E-state index in [-0.39, 0.29) is 30.6 Å². The van der Waals surface area contributed by atoms with Crippen LogP contribution in [0.4, 0.5) is 8.78 Å². The van der Waals surface area contributed by atoms with E-state index < -0.39 is 6.61 Å². The Hall–Kier alpha value is -1.40. The Balaban J connectivity index is 0.00000242. The highest BCUT2D eigenvalue weighted by Crippen LogP contribution is 2.20. The van der Waals surface area contributed by atoms with E-state index in [4.69, 9.17) is 0 Å². The van der Waals surface area contributed by atoms with Crippen molar-refractivity contribution in [1.82, 2.24) is 10.6 Å². The van der Waals surface area contributed by atoms with Gasteiger partial charge in [-0.2, -0.15) is 8.78 Å². The summed E-state index contributed by atoms with van der Waals surface area (Å²) >= 11 is 0. The third-order valence-corrected chi connectivity index (χ3v) is 3.61. The third kappa shape index (κ3) is 6.15. The second kappa shape index (κ2) is 9.58. The molecule has 0 spiro atoms. The molecule has 1 aromatic rings. The number of para-hydroxylation sites is 1. The summed E-state index contributed by atoms with van der Waals surface area (Å²) in [4.78, 5) is 11.8. The molecular weight excluding hydrogens is 314 g/mol. The van der Waals surface area contributed by atoms with Crippen LogP contribution in [0.15, 0.2) is 24.3 Å². The lowest BCUT2D eigenvalue weighted by Gasteiger charge is -2.12. The van der Waals surface area contributed by atoms with Crippen molar-refractivity contribution in [2.45, 2.75) is 32.4 Å². The minimum Gasteiger partial charge on any atom is -0.434 e. The van der Waals surface area contributed by atoms with Crippen LogP contribution in [0, 0.1) is 5.92 Å². The van der Waals surface area contributed by atoms with Gasteiger partial charge in [-0.25, -0.2) is 0 Å². The largest absolute Gasteiger partial charge is 0.434 e. The number of carbonyl (C=O) groups is 1. The molecule has 0 saturated carbocycles. The van der Waals surface area contributed by atoms with Crippen molar-refractivity contribution in [3.63, 3.8) is 0 Å². The first kappa shape index (κ1) is 18.6. The van der Waals surface area contributed by atoms with E-state index >= 15 is 0 Å². The number of hydrogen-bond acceptors (Lipinski definition) is 3. The van der Waals surface area contributed by atoms with E-state index in [9.17, 15) is 13.6 Å². The van der Waals surface area contributed by atoms with Gasteiger partial charge in [0, 0.05) is 18.5 Å². The number of halogens is 3. The summed E-state index contributed by atoms with van der Waals surface area (Å²) in [6.07, 6.45) is 2.43. The molecule has 4 nitrogen and oxygen atoms in total. The molecule has 1 fully saturated rings. The van der Waals surface area contributed by atoms with E-state index in [0.717, 1.165) is 25.9 Å². The molecule has 0 bridgehead atoms. The Bertz CT molecular complexity index is 469. The molecule has 1 saturated heterocycles. The minimum atomic E-state index is -2.86. The maximum atomic E-state index is 12.3. The molecule has 22 heavy (non-hydrogen) atoms. The van der Waals surface area contributed by atoms with E-state index in [1.165, 1.54) is 6.07 Å². The van der Waals surface area contributed by atoms with Gasteiger partial charge in [0.25, 0.3) is 0 Å². The molecule has 1 aliphatic heterocycles. The number of carbonyl (C=O) groups excluding carboxylic acids is 1. The Morgan fingerprint density at radius 1 is 1.41 bits per heavy atom. The van der Waals surface area contributed by atoms with Gasteiger partial charge in [0.2, 0.25) is 5.91 Å². The average Bonchev–Trinajstić information content (AvgIpc) is 2.97. The highest BCUT2D eigenvalue weighted by Gasteiger charge is 2.16. The van der Waals surface area contributed by atoms with Crippen LogP contribution in [0.5, 0.6) is 5.75 Å². The predicted molar refractivity (Wildman–Crippen MR) is 82.4 cm³/mol. The Morgan fingerprint density at radius 2 is 2.18 bits per heavy atom. The molecule has 1 aliphatic rings. The molecule has 0 aliphatic carbocycles. The van der Waals surface area contributed by atoms with Gasteiger partial charge in [-0.1, -0.05) is 18.2 Å². The topological polar surface area (TPSA) is 50.4 Å². The van der Waals surface area contributed by atoms with Crippen LogP contribution in [0.2, 0.25) is 0 Å². The second-order valence-electron chi connectivity index (χ2n) is 5.16. The zero-order chi connectivity index (χ0) is 15.1. The number of benzene rings is 1. The van der Waals surface area contributed by atoms with Crippen molar-refractivity contribution in [3.05, 3.63) is 29.8 Å². The summed E-state index contributed by atoms with van der Waals surface area (Å²) in [5.41, 5.74) is 0.550. The zero-order valence-electron chi connectivity index (χ0n) is 12.2. The molecule has 1 amide bonds. The fourth-order valence-corrected chi connectivity index (χ4v) is 2.44. The van der Waals surface area contributed by atoms with Gasteiger partial charge >= 0.3 is 6.61 Å².